The summed E-state index contributed by atoms with van der Waals surface area (Å²) in [6.07, 6.45) is 11.9. The minimum absolute atomic E-state index is 0.0792. The van der Waals surface area contributed by atoms with Crippen LogP contribution in [0.2, 0.25) is 0 Å². The topological polar surface area (TPSA) is 55.8 Å². The summed E-state index contributed by atoms with van der Waals surface area (Å²) in [6.45, 7) is 4.99. The number of esters is 1. The molecule has 156 valence electrons. The number of aliphatic hydroxyl groups excluding tert-OH is 1. The quantitative estimate of drug-likeness (QED) is 0.560. The molecule has 3 saturated carbocycles. The molecule has 0 spiro atoms. The number of allylic oxidation sites excluding steroid dienone is 2. The second-order valence-corrected chi connectivity index (χ2v) is 10.8. The van der Waals surface area contributed by atoms with Gasteiger partial charge in [0.05, 0.1) is 12.5 Å². The van der Waals surface area contributed by atoms with Gasteiger partial charge in [-0.05, 0) is 85.9 Å². The van der Waals surface area contributed by atoms with E-state index < -0.39 is 0 Å². The van der Waals surface area contributed by atoms with E-state index in [0.29, 0.717) is 29.6 Å². The van der Waals surface area contributed by atoms with Crippen LogP contribution in [0.3, 0.4) is 0 Å². The van der Waals surface area contributed by atoms with Gasteiger partial charge in [0.2, 0.25) is 6.29 Å². The van der Waals surface area contributed by atoms with Crippen LogP contribution in [-0.2, 0) is 14.3 Å². The predicted octanol–water partition coefficient (Wildman–Crippen LogP) is 4.46. The Hall–Kier alpha value is -0.870. The fourth-order valence-corrected chi connectivity index (χ4v) is 8.35. The summed E-state index contributed by atoms with van der Waals surface area (Å²) >= 11 is 0. The normalized spacial score (nSPS) is 53.1. The molecule has 4 aliphatic carbocycles. The molecule has 5 rings (SSSR count). The van der Waals surface area contributed by atoms with Crippen LogP contribution in [-0.4, -0.2) is 30.6 Å². The molecule has 0 aromatic rings. The lowest BCUT2D eigenvalue weighted by Crippen LogP contribution is -2.52. The number of hydrogen-bond acceptors (Lipinski definition) is 4. The second-order valence-electron chi connectivity index (χ2n) is 10.8. The number of fused-ring (bicyclic) bond motifs is 5. The third kappa shape index (κ3) is 2.59. The minimum Gasteiger partial charge on any atom is -0.435 e. The molecule has 1 heterocycles. The molecule has 4 heteroatoms. The van der Waals surface area contributed by atoms with Gasteiger partial charge in [-0.15, -0.1) is 0 Å². The van der Waals surface area contributed by atoms with Gasteiger partial charge in [-0.25, -0.2) is 0 Å². The molecule has 0 radical (unpaired) electrons. The number of carbonyl (C=O) groups is 1. The van der Waals surface area contributed by atoms with E-state index in [-0.39, 0.29) is 29.7 Å². The number of methoxy groups -OCH3 is 1. The molecular weight excluding hydrogens is 352 g/mol. The first-order chi connectivity index (χ1) is 13.4. The van der Waals surface area contributed by atoms with Crippen LogP contribution in [0.5, 0.6) is 0 Å². The summed E-state index contributed by atoms with van der Waals surface area (Å²) in [5.41, 5.74) is 2.27. The van der Waals surface area contributed by atoms with Crippen LogP contribution in [0.25, 0.3) is 0 Å². The van der Waals surface area contributed by atoms with Crippen molar-refractivity contribution in [3.05, 3.63) is 11.6 Å². The van der Waals surface area contributed by atoms with Gasteiger partial charge in [0.25, 0.3) is 0 Å². The van der Waals surface area contributed by atoms with Gasteiger partial charge in [-0.3, -0.25) is 4.79 Å². The summed E-state index contributed by atoms with van der Waals surface area (Å²) in [5.74, 6) is 2.69. The van der Waals surface area contributed by atoms with Crippen LogP contribution >= 0.6 is 0 Å². The van der Waals surface area contributed by atoms with Crippen LogP contribution in [0, 0.1) is 40.4 Å². The first-order valence-corrected chi connectivity index (χ1v) is 11.5. The van der Waals surface area contributed by atoms with Crippen molar-refractivity contribution < 1.29 is 19.4 Å². The lowest BCUT2D eigenvalue weighted by molar-refractivity contribution is -0.165. The Labute approximate surface area is 169 Å². The van der Waals surface area contributed by atoms with Crippen molar-refractivity contribution in [2.75, 3.05) is 7.11 Å². The van der Waals surface area contributed by atoms with E-state index in [2.05, 4.69) is 19.9 Å². The van der Waals surface area contributed by atoms with Gasteiger partial charge in [0.15, 0.2) is 0 Å². The molecule has 9 atom stereocenters. The standard InChI is InChI=1S/C24H36O4/c1-23-10-8-15(25)12-14(23)4-5-16-18-6-7-19(24(18,2)11-9-20(16)23)17-13-21(26)28-22(17)27-3/h6,14-17,19-20,22,25H,4-5,7-13H2,1-3H3/t14-,15-,16+,17-,19+,20-,22-,23+,24-/m1/s1. The van der Waals surface area contributed by atoms with E-state index in [1.807, 2.05) is 0 Å². The smallest absolute Gasteiger partial charge is 0.308 e. The highest BCUT2D eigenvalue weighted by Gasteiger charge is 2.59. The molecule has 0 unspecified atom stereocenters. The Bertz CT molecular complexity index is 686. The summed E-state index contributed by atoms with van der Waals surface area (Å²) in [7, 11) is 1.67. The molecule has 0 amide bonds. The van der Waals surface area contributed by atoms with E-state index >= 15 is 0 Å². The third-order valence-corrected chi connectivity index (χ3v) is 9.86. The van der Waals surface area contributed by atoms with Crippen LogP contribution in [0.4, 0.5) is 0 Å². The van der Waals surface area contributed by atoms with Crippen molar-refractivity contribution in [3.63, 3.8) is 0 Å². The molecule has 0 aromatic heterocycles. The predicted molar refractivity (Wildman–Crippen MR) is 106 cm³/mol. The Balaban J connectivity index is 1.40. The molecule has 28 heavy (non-hydrogen) atoms. The molecule has 1 saturated heterocycles. The highest BCUT2D eigenvalue weighted by Crippen LogP contribution is 2.67. The Morgan fingerprint density at radius 3 is 2.75 bits per heavy atom. The van der Waals surface area contributed by atoms with Crippen LogP contribution < -0.4 is 0 Å². The number of aliphatic hydroxyl groups is 1. The number of cyclic esters (lactones) is 1. The van der Waals surface area contributed by atoms with E-state index in [0.717, 1.165) is 25.2 Å². The summed E-state index contributed by atoms with van der Waals surface area (Å²) in [4.78, 5) is 12.0. The maximum absolute atomic E-state index is 12.0. The minimum atomic E-state index is -0.368. The highest BCUT2D eigenvalue weighted by atomic mass is 16.7. The van der Waals surface area contributed by atoms with Gasteiger partial charge < -0.3 is 14.6 Å². The summed E-state index contributed by atoms with van der Waals surface area (Å²) < 4.78 is 11.0. The Morgan fingerprint density at radius 2 is 1.96 bits per heavy atom. The number of ether oxygens (including phenoxy) is 2. The first kappa shape index (κ1) is 19.1. The number of carbonyl (C=O) groups excluding carboxylic acids is 1. The van der Waals surface area contributed by atoms with Crippen molar-refractivity contribution in [2.24, 2.45) is 40.4 Å². The van der Waals surface area contributed by atoms with Gasteiger partial charge in [-0.2, -0.15) is 0 Å². The zero-order chi connectivity index (χ0) is 19.7. The molecule has 1 N–H and O–H groups in total. The van der Waals surface area contributed by atoms with Crippen molar-refractivity contribution in [2.45, 2.75) is 84.0 Å². The maximum Gasteiger partial charge on any atom is 0.308 e. The molecular formula is C24H36O4. The van der Waals surface area contributed by atoms with Crippen molar-refractivity contribution in [1.82, 2.24) is 0 Å². The van der Waals surface area contributed by atoms with Crippen molar-refractivity contribution in [1.29, 1.82) is 0 Å². The molecule has 0 aromatic carbocycles. The fraction of sp³-hybridized carbons (Fsp3) is 0.875. The zero-order valence-electron chi connectivity index (χ0n) is 17.7. The molecule has 5 aliphatic rings. The largest absolute Gasteiger partial charge is 0.435 e. The Kier molecular flexibility index (Phi) is 4.48. The molecule has 1 aliphatic heterocycles. The first-order valence-electron chi connectivity index (χ1n) is 11.5. The average molecular weight is 389 g/mol. The van der Waals surface area contributed by atoms with Gasteiger partial charge in [-0.1, -0.05) is 25.5 Å². The van der Waals surface area contributed by atoms with Gasteiger partial charge >= 0.3 is 5.97 Å². The van der Waals surface area contributed by atoms with Crippen molar-refractivity contribution in [3.8, 4) is 0 Å². The van der Waals surface area contributed by atoms with E-state index in [9.17, 15) is 9.90 Å². The highest BCUT2D eigenvalue weighted by molar-refractivity contribution is 5.72. The monoisotopic (exact) mass is 388 g/mol. The lowest BCUT2D eigenvalue weighted by Gasteiger charge is -2.59. The SMILES string of the molecule is CO[C@@H]1OC(=O)C[C@@H]1[C@@H]1CC=C2[C@@H]3CC[C@@H]4C[C@H](O)CC[C@]4(C)[C@@H]3CC[C@]21C. The van der Waals surface area contributed by atoms with E-state index in [1.54, 1.807) is 12.7 Å². The maximum atomic E-state index is 12.0. The van der Waals surface area contributed by atoms with E-state index in [1.165, 1.54) is 32.1 Å². The summed E-state index contributed by atoms with van der Waals surface area (Å²) in [5, 5.41) is 10.2. The second kappa shape index (κ2) is 6.57. The number of hydrogen-bond donors (Lipinski definition) is 1. The van der Waals surface area contributed by atoms with E-state index in [4.69, 9.17) is 9.47 Å². The fourth-order valence-electron chi connectivity index (χ4n) is 8.35. The van der Waals surface area contributed by atoms with Crippen molar-refractivity contribution >= 4 is 5.97 Å². The average Bonchev–Trinajstić information content (AvgIpc) is 3.21. The molecule has 4 fully saturated rings. The molecule has 0 bridgehead atoms. The Morgan fingerprint density at radius 1 is 1.14 bits per heavy atom. The van der Waals surface area contributed by atoms with Crippen LogP contribution in [0.15, 0.2) is 11.6 Å². The van der Waals surface area contributed by atoms with Crippen LogP contribution in [0.1, 0.15) is 71.6 Å². The van der Waals surface area contributed by atoms with Gasteiger partial charge in [0, 0.05) is 13.0 Å². The van der Waals surface area contributed by atoms with Gasteiger partial charge in [0.1, 0.15) is 0 Å². The number of rotatable bonds is 2. The third-order valence-electron chi connectivity index (χ3n) is 9.86. The molecule has 4 nitrogen and oxygen atoms in total. The lowest BCUT2D eigenvalue weighted by atomic mass is 9.45. The zero-order valence-corrected chi connectivity index (χ0v) is 17.7. The summed E-state index contributed by atoms with van der Waals surface area (Å²) in [6, 6.07) is 0.